The van der Waals surface area contributed by atoms with Crippen LogP contribution in [-0.4, -0.2) is 36.8 Å². The van der Waals surface area contributed by atoms with Gasteiger partial charge < -0.3 is 10.0 Å². The van der Waals surface area contributed by atoms with Gasteiger partial charge >= 0.3 is 0 Å². The molecular formula is C12H16ClNO. The maximum Gasteiger partial charge on any atom is 0.0477 e. The number of aliphatic hydroxyl groups is 1. The predicted molar refractivity (Wildman–Crippen MR) is 62.3 cm³/mol. The summed E-state index contributed by atoms with van der Waals surface area (Å²) in [5.74, 6) is 0.757. The van der Waals surface area contributed by atoms with E-state index in [1.807, 2.05) is 18.2 Å². The molecule has 1 heterocycles. The molecule has 1 aliphatic rings. The summed E-state index contributed by atoms with van der Waals surface area (Å²) in [5.41, 5.74) is 1.24. The fourth-order valence-electron chi connectivity index (χ4n) is 2.39. The maximum absolute atomic E-state index is 9.33. The lowest BCUT2D eigenvalue weighted by atomic mass is 9.90. The van der Waals surface area contributed by atoms with E-state index in [1.54, 1.807) is 0 Å². The molecule has 2 rings (SSSR count). The Balaban J connectivity index is 2.22. The largest absolute Gasteiger partial charge is 0.396 e. The van der Waals surface area contributed by atoms with Crippen LogP contribution in [0.3, 0.4) is 0 Å². The number of hydrogen-bond donors (Lipinski definition) is 1. The zero-order chi connectivity index (χ0) is 10.8. The van der Waals surface area contributed by atoms with Crippen molar-refractivity contribution in [1.82, 2.24) is 4.90 Å². The summed E-state index contributed by atoms with van der Waals surface area (Å²) in [6, 6.07) is 7.97. The zero-order valence-electron chi connectivity index (χ0n) is 8.86. The van der Waals surface area contributed by atoms with Gasteiger partial charge in [0.15, 0.2) is 0 Å². The van der Waals surface area contributed by atoms with E-state index in [2.05, 4.69) is 18.0 Å². The molecule has 1 N–H and O–H groups in total. The van der Waals surface area contributed by atoms with E-state index >= 15 is 0 Å². The maximum atomic E-state index is 9.33. The van der Waals surface area contributed by atoms with Crippen LogP contribution in [0.1, 0.15) is 11.5 Å². The normalized spacial score (nSPS) is 27.1. The summed E-state index contributed by atoms with van der Waals surface area (Å²) >= 11 is 5.97. The second-order valence-corrected chi connectivity index (χ2v) is 4.76. The van der Waals surface area contributed by atoms with Crippen molar-refractivity contribution in [3.63, 3.8) is 0 Å². The average Bonchev–Trinajstić information content (AvgIpc) is 2.59. The van der Waals surface area contributed by atoms with Crippen LogP contribution < -0.4 is 0 Å². The van der Waals surface area contributed by atoms with Gasteiger partial charge in [0.05, 0.1) is 0 Å². The number of benzene rings is 1. The lowest BCUT2D eigenvalue weighted by molar-refractivity contribution is 0.219. The van der Waals surface area contributed by atoms with Crippen LogP contribution in [-0.2, 0) is 0 Å². The third-order valence-electron chi connectivity index (χ3n) is 3.13. The van der Waals surface area contributed by atoms with E-state index in [9.17, 15) is 5.11 Å². The molecule has 82 valence electrons. The molecule has 0 aliphatic carbocycles. The van der Waals surface area contributed by atoms with Gasteiger partial charge in [-0.05, 0) is 24.7 Å². The Morgan fingerprint density at radius 3 is 2.93 bits per heavy atom. The fraction of sp³-hybridized carbons (Fsp3) is 0.500. The molecule has 1 aromatic rings. The highest BCUT2D eigenvalue weighted by Gasteiger charge is 2.31. The average molecular weight is 226 g/mol. The first kappa shape index (κ1) is 10.9. The number of likely N-dealkylation sites (N-methyl/N-ethyl adjacent to an activating group) is 1. The minimum absolute atomic E-state index is 0.252. The van der Waals surface area contributed by atoms with Crippen molar-refractivity contribution in [1.29, 1.82) is 0 Å². The minimum Gasteiger partial charge on any atom is -0.396 e. The van der Waals surface area contributed by atoms with E-state index in [4.69, 9.17) is 11.6 Å². The van der Waals surface area contributed by atoms with Crippen molar-refractivity contribution < 1.29 is 5.11 Å². The van der Waals surface area contributed by atoms with Gasteiger partial charge in [0.1, 0.15) is 0 Å². The van der Waals surface area contributed by atoms with E-state index in [0.29, 0.717) is 11.8 Å². The molecule has 0 unspecified atom stereocenters. The van der Waals surface area contributed by atoms with E-state index in [-0.39, 0.29) is 6.61 Å². The van der Waals surface area contributed by atoms with Crippen LogP contribution in [0.5, 0.6) is 0 Å². The van der Waals surface area contributed by atoms with Crippen LogP contribution in [0.2, 0.25) is 5.02 Å². The molecule has 0 aromatic heterocycles. The number of halogens is 1. The van der Waals surface area contributed by atoms with Crippen LogP contribution in [0.15, 0.2) is 24.3 Å². The summed E-state index contributed by atoms with van der Waals surface area (Å²) in [4.78, 5) is 2.26. The Hall–Kier alpha value is -0.570. The Bertz CT molecular complexity index is 342. The van der Waals surface area contributed by atoms with Crippen LogP contribution >= 0.6 is 11.6 Å². The standard InChI is InChI=1S/C12H16ClNO/c1-14-6-10(8-15)12(7-14)9-3-2-4-11(13)5-9/h2-5,10,12,15H,6-8H2,1H3/t10-,12+/m0/s1. The van der Waals surface area contributed by atoms with Gasteiger partial charge in [-0.15, -0.1) is 0 Å². The highest BCUT2D eigenvalue weighted by Crippen LogP contribution is 2.32. The van der Waals surface area contributed by atoms with Crippen molar-refractivity contribution in [3.8, 4) is 0 Å². The predicted octanol–water partition coefficient (Wildman–Crippen LogP) is 1.98. The summed E-state index contributed by atoms with van der Waals surface area (Å²) in [6.45, 7) is 2.22. The highest BCUT2D eigenvalue weighted by atomic mass is 35.5. The molecule has 1 fully saturated rings. The van der Waals surface area contributed by atoms with Gasteiger partial charge in [0, 0.05) is 36.6 Å². The molecule has 0 radical (unpaired) electrons. The quantitative estimate of drug-likeness (QED) is 0.832. The van der Waals surface area contributed by atoms with E-state index in [1.165, 1.54) is 5.56 Å². The monoisotopic (exact) mass is 225 g/mol. The fourth-order valence-corrected chi connectivity index (χ4v) is 2.59. The molecular weight excluding hydrogens is 210 g/mol. The second kappa shape index (κ2) is 4.52. The topological polar surface area (TPSA) is 23.5 Å². The lowest BCUT2D eigenvalue weighted by Crippen LogP contribution is -2.15. The highest BCUT2D eigenvalue weighted by molar-refractivity contribution is 6.30. The molecule has 0 amide bonds. The minimum atomic E-state index is 0.252. The number of rotatable bonds is 2. The van der Waals surface area contributed by atoms with E-state index < -0.39 is 0 Å². The zero-order valence-corrected chi connectivity index (χ0v) is 9.61. The lowest BCUT2D eigenvalue weighted by Gasteiger charge is -2.16. The van der Waals surface area contributed by atoms with Gasteiger partial charge in [-0.1, -0.05) is 23.7 Å². The number of hydrogen-bond acceptors (Lipinski definition) is 2. The molecule has 15 heavy (non-hydrogen) atoms. The Labute approximate surface area is 95.5 Å². The number of likely N-dealkylation sites (tertiary alicyclic amines) is 1. The first-order chi connectivity index (χ1) is 7.20. The summed E-state index contributed by atoms with van der Waals surface area (Å²) in [5, 5.41) is 10.1. The van der Waals surface area contributed by atoms with Crippen molar-refractivity contribution in [2.24, 2.45) is 5.92 Å². The molecule has 0 spiro atoms. The van der Waals surface area contributed by atoms with Crippen LogP contribution in [0.4, 0.5) is 0 Å². The van der Waals surface area contributed by atoms with Crippen molar-refractivity contribution >= 4 is 11.6 Å². The number of nitrogens with zero attached hydrogens (tertiary/aromatic N) is 1. The summed E-state index contributed by atoms with van der Waals surface area (Å²) in [6.07, 6.45) is 0. The molecule has 0 saturated carbocycles. The Morgan fingerprint density at radius 1 is 1.47 bits per heavy atom. The SMILES string of the molecule is CN1C[C@@H](CO)[C@@H](c2cccc(Cl)c2)C1. The van der Waals surface area contributed by atoms with Crippen molar-refractivity contribution in [3.05, 3.63) is 34.9 Å². The van der Waals surface area contributed by atoms with Crippen LogP contribution in [0.25, 0.3) is 0 Å². The summed E-state index contributed by atoms with van der Waals surface area (Å²) in [7, 11) is 2.09. The van der Waals surface area contributed by atoms with Crippen molar-refractivity contribution in [2.75, 3.05) is 26.7 Å². The smallest absolute Gasteiger partial charge is 0.0477 e. The molecule has 2 nitrogen and oxygen atoms in total. The number of aliphatic hydroxyl groups excluding tert-OH is 1. The molecule has 1 aromatic carbocycles. The third kappa shape index (κ3) is 2.33. The molecule has 1 aliphatic heterocycles. The second-order valence-electron chi connectivity index (χ2n) is 4.33. The third-order valence-corrected chi connectivity index (χ3v) is 3.37. The Kier molecular flexibility index (Phi) is 3.29. The van der Waals surface area contributed by atoms with Gasteiger partial charge in [-0.2, -0.15) is 0 Å². The van der Waals surface area contributed by atoms with E-state index in [0.717, 1.165) is 18.1 Å². The first-order valence-corrected chi connectivity index (χ1v) is 5.63. The van der Waals surface area contributed by atoms with Crippen LogP contribution in [0, 0.1) is 5.92 Å². The van der Waals surface area contributed by atoms with Gasteiger partial charge in [-0.3, -0.25) is 0 Å². The molecule has 2 atom stereocenters. The van der Waals surface area contributed by atoms with Gasteiger partial charge in [-0.25, -0.2) is 0 Å². The first-order valence-electron chi connectivity index (χ1n) is 5.25. The molecule has 1 saturated heterocycles. The van der Waals surface area contributed by atoms with Gasteiger partial charge in [0.25, 0.3) is 0 Å². The van der Waals surface area contributed by atoms with Gasteiger partial charge in [0.2, 0.25) is 0 Å². The molecule has 0 bridgehead atoms. The Morgan fingerprint density at radius 2 is 2.27 bits per heavy atom. The summed E-state index contributed by atoms with van der Waals surface area (Å²) < 4.78 is 0. The molecule has 3 heteroatoms. The van der Waals surface area contributed by atoms with Crippen molar-refractivity contribution in [2.45, 2.75) is 5.92 Å².